The molecule has 0 N–H and O–H groups in total. The quantitative estimate of drug-likeness (QED) is 0.104. The van der Waals surface area contributed by atoms with E-state index in [9.17, 15) is 33.6 Å². The van der Waals surface area contributed by atoms with Gasteiger partial charge >= 0.3 is 0 Å². The molecule has 608 valence electrons. The van der Waals surface area contributed by atoms with E-state index >= 15 is 0 Å². The Morgan fingerprint density at radius 3 is 1.25 bits per heavy atom. The van der Waals surface area contributed by atoms with Crippen molar-refractivity contribution in [2.45, 2.75) is 313 Å². The fraction of sp³-hybridized carbons (Fsp3) is 0.656. The van der Waals surface area contributed by atoms with Gasteiger partial charge in [-0.1, -0.05) is 221 Å². The van der Waals surface area contributed by atoms with E-state index in [0.717, 1.165) is 132 Å². The second-order valence-electron chi connectivity index (χ2n) is 28.7. The first-order valence-electron chi connectivity index (χ1n) is 42.0. The number of allylic oxidation sites excluding steroid dienone is 2. The summed E-state index contributed by atoms with van der Waals surface area (Å²) in [6.45, 7) is 64.2. The highest BCUT2D eigenvalue weighted by Crippen LogP contribution is 2.35. The first-order valence-corrected chi connectivity index (χ1v) is 42.0. The molecule has 1 aromatic heterocycles. The molecular weight excluding hydrogens is 1350 g/mol. The Morgan fingerprint density at radius 1 is 0.444 bits per heavy atom. The number of imide groups is 1. The summed E-state index contributed by atoms with van der Waals surface area (Å²) < 4.78 is 2.00. The van der Waals surface area contributed by atoms with Gasteiger partial charge in [0.15, 0.2) is 0 Å². The topological polar surface area (TPSA) is 182 Å². The third-order valence-corrected chi connectivity index (χ3v) is 20.6. The Hall–Kier alpha value is -7.47. The van der Waals surface area contributed by atoms with E-state index in [1.54, 1.807) is 33.4 Å². The fourth-order valence-electron chi connectivity index (χ4n) is 13.8. The van der Waals surface area contributed by atoms with Crippen LogP contribution in [0.25, 0.3) is 10.9 Å². The third kappa shape index (κ3) is 30.8. The molecule has 4 aromatic rings. The Labute approximate surface area is 656 Å². The Balaban J connectivity index is 0.000000600. The monoisotopic (exact) mass is 1500 g/mol. The van der Waals surface area contributed by atoms with Gasteiger partial charge in [0, 0.05) is 125 Å². The maximum atomic E-state index is 11.8. The van der Waals surface area contributed by atoms with Gasteiger partial charge in [0.1, 0.15) is 18.2 Å². The van der Waals surface area contributed by atoms with E-state index in [2.05, 4.69) is 162 Å². The predicted octanol–water partition coefficient (Wildman–Crippen LogP) is 20.0. The summed E-state index contributed by atoms with van der Waals surface area (Å²) in [4.78, 5) is 97.8. The van der Waals surface area contributed by atoms with E-state index in [-0.39, 0.29) is 65.3 Å². The van der Waals surface area contributed by atoms with Gasteiger partial charge in [0.25, 0.3) is 5.91 Å². The van der Waals surface area contributed by atoms with Gasteiger partial charge < -0.3 is 29.3 Å². The number of aryl methyl sites for hydroxylation is 1. The van der Waals surface area contributed by atoms with Gasteiger partial charge in [0.05, 0.1) is 17.4 Å². The van der Waals surface area contributed by atoms with Crippen LogP contribution in [0, 0.1) is 29.6 Å². The van der Waals surface area contributed by atoms with Crippen molar-refractivity contribution in [1.29, 1.82) is 0 Å². The number of hydrogen-bond donors (Lipinski definition) is 0. The van der Waals surface area contributed by atoms with Crippen LogP contribution < -0.4 is 0 Å². The van der Waals surface area contributed by atoms with Crippen LogP contribution >= 0.6 is 0 Å². The molecule has 3 aromatic carbocycles. The molecular formula is C90H150N10O8. The van der Waals surface area contributed by atoms with Crippen LogP contribution in [0.3, 0.4) is 0 Å². The standard InChI is InChI=1S/C10H18N2O2.C10H11NO.C10H13N.C9H10N2.2C9H15NO.C9H18.C8H13NO2.C7H13NO.3C3H8/c1-5-11-7(3)10(14)12(6-2)8(4)9(11)13;1-2-11-7-8-5-3-4-6-9(8)10(11)12;1-2-11-7-9-5-3-4-6-10(9)8-11;1-2-11-9-6-4-3-5-8(9)7-10-11;1-4-8-6-9(11)10(5-2)7(8)3;1-4-8-6-7(3)10(5-2)9(8)11;1-3-8-5-6-9(4-2)7-8;1-3-6-5-7(10)9(4-2)8(6)11;1-3-6-5-7(4-2)9-8-6;3*1-3-2/h7-8H,5-6H2,1-4H3;3-6H,2,7H2,1H3;3-6H,2,7-8H2,1H3;3-7H,2H2,1H3;2*8H,3-6H2,1-2H3;8-9H,3-7H2,1-2H3;6H,3-5H2,1-2H3;7H,3-5H2,1-2H3;3*3H2,1-2H3. The maximum absolute atomic E-state index is 11.8. The Bertz CT molecular complexity index is 3160. The molecule has 7 amide bonds. The molecule has 0 bridgehead atoms. The highest BCUT2D eigenvalue weighted by atomic mass is 16.6. The summed E-state index contributed by atoms with van der Waals surface area (Å²) in [6, 6.07) is 24.1. The number of piperazine rings is 1. The van der Waals surface area contributed by atoms with Crippen LogP contribution in [-0.4, -0.2) is 155 Å². The lowest BCUT2D eigenvalue weighted by Crippen LogP contribution is -2.62. The largest absolute Gasteiger partial charge is 0.392 e. The van der Waals surface area contributed by atoms with Gasteiger partial charge in [0.2, 0.25) is 35.4 Å². The van der Waals surface area contributed by atoms with Crippen LogP contribution in [0.5, 0.6) is 0 Å². The minimum absolute atomic E-state index is 0.00986. The first kappa shape index (κ1) is 98.5. The zero-order valence-corrected chi connectivity index (χ0v) is 72.1. The normalized spacial score (nSPS) is 21.4. The number of para-hydroxylation sites is 1. The molecule has 0 spiro atoms. The molecule has 1 aliphatic carbocycles. The zero-order valence-electron chi connectivity index (χ0n) is 72.1. The molecule has 8 heterocycles. The second kappa shape index (κ2) is 55.0. The van der Waals surface area contributed by atoms with Crippen molar-refractivity contribution in [3.05, 3.63) is 126 Å². The van der Waals surface area contributed by atoms with Crippen LogP contribution in [0.15, 0.2) is 109 Å². The summed E-state index contributed by atoms with van der Waals surface area (Å²) in [5, 5.41) is 9.37. The molecule has 12 rings (SSSR count). The van der Waals surface area contributed by atoms with Crippen molar-refractivity contribution >= 4 is 58.0 Å². The number of likely N-dealkylation sites (tertiary alicyclic amines) is 3. The summed E-state index contributed by atoms with van der Waals surface area (Å²) in [6.07, 6.45) is 21.3. The number of amides is 7. The zero-order chi connectivity index (χ0) is 81.6. The second-order valence-corrected chi connectivity index (χ2v) is 28.7. The van der Waals surface area contributed by atoms with E-state index < -0.39 is 0 Å². The van der Waals surface area contributed by atoms with Crippen molar-refractivity contribution in [2.75, 3.05) is 45.8 Å². The summed E-state index contributed by atoms with van der Waals surface area (Å²) >= 11 is 0. The Kier molecular flexibility index (Phi) is 50.2. The number of likely N-dealkylation sites (N-methyl/N-ethyl adjacent to an activating group) is 2. The van der Waals surface area contributed by atoms with E-state index in [4.69, 9.17) is 4.84 Å². The molecule has 18 heteroatoms. The summed E-state index contributed by atoms with van der Waals surface area (Å²) in [5.74, 6) is 3.53. The van der Waals surface area contributed by atoms with Gasteiger partial charge in [-0.05, 0) is 154 Å². The van der Waals surface area contributed by atoms with Crippen LogP contribution in [0.2, 0.25) is 0 Å². The molecule has 7 aliphatic heterocycles. The smallest absolute Gasteiger partial charge is 0.254 e. The minimum Gasteiger partial charge on any atom is -0.392 e. The summed E-state index contributed by atoms with van der Waals surface area (Å²) in [7, 11) is 0. The Morgan fingerprint density at radius 2 is 0.898 bits per heavy atom. The number of carbonyl (C=O) groups is 7. The van der Waals surface area contributed by atoms with Crippen molar-refractivity contribution in [3.8, 4) is 0 Å². The average molecular weight is 1500 g/mol. The fourth-order valence-corrected chi connectivity index (χ4v) is 13.8. The van der Waals surface area contributed by atoms with E-state index in [0.29, 0.717) is 44.5 Å². The van der Waals surface area contributed by atoms with Crippen LogP contribution in [-0.2, 0) is 59.8 Å². The number of rotatable bonds is 15. The highest BCUT2D eigenvalue weighted by molar-refractivity contribution is 6.03. The number of fused-ring (bicyclic) bond motifs is 3. The van der Waals surface area contributed by atoms with E-state index in [1.807, 2.05) is 101 Å². The van der Waals surface area contributed by atoms with Crippen molar-refractivity contribution in [1.82, 2.24) is 44.1 Å². The van der Waals surface area contributed by atoms with Crippen LogP contribution in [0.4, 0.5) is 0 Å². The van der Waals surface area contributed by atoms with Crippen molar-refractivity contribution < 1.29 is 38.4 Å². The molecule has 8 unspecified atom stereocenters. The number of aromatic nitrogens is 2. The van der Waals surface area contributed by atoms with Crippen molar-refractivity contribution in [3.63, 3.8) is 0 Å². The molecule has 8 aliphatic rings. The lowest BCUT2D eigenvalue weighted by Gasteiger charge is -2.41. The lowest BCUT2D eigenvalue weighted by atomic mass is 10.0. The summed E-state index contributed by atoms with van der Waals surface area (Å²) in [5.41, 5.74) is 9.48. The van der Waals surface area contributed by atoms with Crippen LogP contribution in [0.1, 0.15) is 295 Å². The molecule has 5 fully saturated rings. The molecule has 0 radical (unpaired) electrons. The van der Waals surface area contributed by atoms with Gasteiger partial charge in [-0.25, -0.2) is 0 Å². The molecule has 108 heavy (non-hydrogen) atoms. The first-order chi connectivity index (χ1) is 51.8. The number of oxime groups is 1. The molecule has 18 nitrogen and oxygen atoms in total. The van der Waals surface area contributed by atoms with Gasteiger partial charge in [-0.3, -0.25) is 48.0 Å². The predicted molar refractivity (Wildman–Crippen MR) is 450 cm³/mol. The molecule has 1 saturated carbocycles. The van der Waals surface area contributed by atoms with E-state index in [1.165, 1.54) is 84.0 Å². The number of benzene rings is 3. The molecule has 4 saturated heterocycles. The van der Waals surface area contributed by atoms with Gasteiger partial charge in [-0.2, -0.15) is 5.10 Å². The van der Waals surface area contributed by atoms with Crippen molar-refractivity contribution in [2.24, 2.45) is 34.7 Å². The molecule has 8 atom stereocenters. The minimum atomic E-state index is -0.302. The number of nitrogens with zero attached hydrogens (tertiary/aromatic N) is 10. The lowest BCUT2D eigenvalue weighted by molar-refractivity contribution is -0.159. The number of hydrogen-bond acceptors (Lipinski definition) is 11. The SMILES string of the molecule is C=C1C(CC)CC(=O)N1CC.C=C1CC(CC)C(=O)N1CC.CCC.CCC.CCC.CCC1=NOC(CC)C1.CCC1CC(=O)N(CC)C1=O.CCC1CCC(CC)C1.CCN1C(=O)C(C)N(CC)C(=O)C1C.CCN1Cc2ccccc2C1.CCN1Cc2ccccc2C1=O.CCn1ncc2ccccc21. The maximum Gasteiger partial charge on any atom is 0.254 e. The number of carbonyl (C=O) groups excluding carboxylic acids is 7. The van der Waals surface area contributed by atoms with Gasteiger partial charge in [-0.15, -0.1) is 0 Å². The highest BCUT2D eigenvalue weighted by Gasteiger charge is 2.40. The third-order valence-electron chi connectivity index (χ3n) is 20.6. The average Bonchev–Trinajstić information content (AvgIpc) is 1.33.